The highest BCUT2D eigenvalue weighted by molar-refractivity contribution is 7.98. The third-order valence-electron chi connectivity index (χ3n) is 3.36. The van der Waals surface area contributed by atoms with Crippen molar-refractivity contribution >= 4 is 23.7 Å². The zero-order valence-corrected chi connectivity index (χ0v) is 13.4. The van der Waals surface area contributed by atoms with Crippen molar-refractivity contribution in [1.82, 2.24) is 9.78 Å². The summed E-state index contributed by atoms with van der Waals surface area (Å²) >= 11 is 1.68. The maximum atomic E-state index is 4.67. The molecule has 3 nitrogen and oxygen atoms in total. The Hall–Kier alpha value is -2.33. The van der Waals surface area contributed by atoms with Crippen LogP contribution in [0.5, 0.6) is 0 Å². The number of benzene rings is 2. The van der Waals surface area contributed by atoms with Crippen LogP contribution >= 0.6 is 11.8 Å². The van der Waals surface area contributed by atoms with E-state index in [0.29, 0.717) is 0 Å². The van der Waals surface area contributed by atoms with Gasteiger partial charge < -0.3 is 0 Å². The van der Waals surface area contributed by atoms with E-state index in [1.165, 1.54) is 0 Å². The second-order valence-electron chi connectivity index (χ2n) is 4.85. The van der Waals surface area contributed by atoms with Gasteiger partial charge in [0.25, 0.3) is 0 Å². The minimum atomic E-state index is 0.946. The molecule has 0 saturated heterocycles. The number of hydrogen-bond donors (Lipinski definition) is 0. The summed E-state index contributed by atoms with van der Waals surface area (Å²) in [6, 6.07) is 20.1. The van der Waals surface area contributed by atoms with Gasteiger partial charge >= 0.3 is 0 Å². The van der Waals surface area contributed by atoms with Crippen LogP contribution in [-0.2, 0) is 0 Å². The lowest BCUT2D eigenvalue weighted by molar-refractivity contribution is 0.794. The van der Waals surface area contributed by atoms with Gasteiger partial charge in [0.2, 0.25) is 0 Å². The highest BCUT2D eigenvalue weighted by Crippen LogP contribution is 2.26. The van der Waals surface area contributed by atoms with Crippen LogP contribution in [0.3, 0.4) is 0 Å². The summed E-state index contributed by atoms with van der Waals surface area (Å²) < 4.78 is 1.98. The van der Waals surface area contributed by atoms with Crippen molar-refractivity contribution in [1.29, 1.82) is 0 Å². The number of nitrogens with zero attached hydrogens (tertiary/aromatic N) is 3. The number of hydrogen-bond acceptors (Lipinski definition) is 3. The molecule has 110 valence electrons. The molecule has 4 heteroatoms. The summed E-state index contributed by atoms with van der Waals surface area (Å²) in [7, 11) is 0. The fourth-order valence-electron chi connectivity index (χ4n) is 2.26. The third kappa shape index (κ3) is 2.97. The molecule has 3 rings (SSSR count). The summed E-state index contributed by atoms with van der Waals surface area (Å²) in [5.41, 5.74) is 4.06. The number of rotatable bonds is 4. The van der Waals surface area contributed by atoms with E-state index in [1.807, 2.05) is 66.4 Å². The Morgan fingerprint density at radius 2 is 1.64 bits per heavy atom. The fraction of sp³-hybridized carbons (Fsp3) is 0.111. The van der Waals surface area contributed by atoms with Crippen molar-refractivity contribution in [3.8, 4) is 5.69 Å². The summed E-state index contributed by atoms with van der Waals surface area (Å²) in [5, 5.41) is 5.77. The number of aromatic nitrogens is 2. The quantitative estimate of drug-likeness (QED) is 0.518. The van der Waals surface area contributed by atoms with E-state index in [-0.39, 0.29) is 0 Å². The average Bonchev–Trinajstić information content (AvgIpc) is 2.90. The van der Waals surface area contributed by atoms with Gasteiger partial charge in [-0.15, -0.1) is 11.8 Å². The molecule has 2 aromatic carbocycles. The highest BCUT2D eigenvalue weighted by Gasteiger charge is 2.14. The van der Waals surface area contributed by atoms with Crippen LogP contribution in [0.15, 0.2) is 70.7 Å². The summed E-state index contributed by atoms with van der Waals surface area (Å²) in [4.78, 5) is 4.56. The topological polar surface area (TPSA) is 30.2 Å². The maximum Gasteiger partial charge on any atom is 0.109 e. The number of aryl methyl sites for hydroxylation is 1. The van der Waals surface area contributed by atoms with Gasteiger partial charge in [-0.2, -0.15) is 5.10 Å². The van der Waals surface area contributed by atoms with Crippen LogP contribution in [0.4, 0.5) is 5.69 Å². The van der Waals surface area contributed by atoms with Crippen LogP contribution in [0.1, 0.15) is 11.3 Å². The monoisotopic (exact) mass is 307 g/mol. The second kappa shape index (κ2) is 6.62. The van der Waals surface area contributed by atoms with Crippen molar-refractivity contribution < 1.29 is 0 Å². The van der Waals surface area contributed by atoms with Crippen LogP contribution < -0.4 is 0 Å². The number of thioether (sulfide) groups is 1. The molecule has 0 atom stereocenters. The predicted molar refractivity (Wildman–Crippen MR) is 93.8 cm³/mol. The molecule has 0 aliphatic carbocycles. The molecule has 0 unspecified atom stereocenters. The van der Waals surface area contributed by atoms with Crippen molar-refractivity contribution in [2.75, 3.05) is 6.26 Å². The summed E-state index contributed by atoms with van der Waals surface area (Å²) in [5.74, 6) is 0. The van der Waals surface area contributed by atoms with E-state index < -0.39 is 0 Å². The standard InChI is InChI=1S/C18H17N3S/c1-14-17(13-19-15-9-5-3-6-10-15)18(22-2)21(20-14)16-11-7-4-8-12-16/h3-13H,1-2H3. The molecule has 0 N–H and O–H groups in total. The smallest absolute Gasteiger partial charge is 0.109 e. The molecule has 22 heavy (non-hydrogen) atoms. The molecule has 0 bridgehead atoms. The largest absolute Gasteiger partial charge is 0.256 e. The van der Waals surface area contributed by atoms with Gasteiger partial charge in [-0.1, -0.05) is 36.4 Å². The van der Waals surface area contributed by atoms with Crippen molar-refractivity contribution in [3.63, 3.8) is 0 Å². The Morgan fingerprint density at radius 3 is 2.27 bits per heavy atom. The van der Waals surface area contributed by atoms with E-state index in [0.717, 1.165) is 27.7 Å². The molecule has 3 aromatic rings. The minimum Gasteiger partial charge on any atom is -0.256 e. The lowest BCUT2D eigenvalue weighted by Crippen LogP contribution is -1.98. The van der Waals surface area contributed by atoms with Gasteiger partial charge in [0.1, 0.15) is 5.03 Å². The molecule has 0 spiro atoms. The molecular formula is C18H17N3S. The first-order valence-electron chi connectivity index (χ1n) is 7.08. The van der Waals surface area contributed by atoms with E-state index in [9.17, 15) is 0 Å². The molecule has 1 heterocycles. The first kappa shape index (κ1) is 14.6. The Kier molecular flexibility index (Phi) is 4.39. The first-order chi connectivity index (χ1) is 10.8. The van der Waals surface area contributed by atoms with Gasteiger partial charge in [0.15, 0.2) is 0 Å². The fourth-order valence-corrected chi connectivity index (χ4v) is 3.00. The van der Waals surface area contributed by atoms with E-state index in [1.54, 1.807) is 11.8 Å². The molecule has 0 amide bonds. The molecule has 0 radical (unpaired) electrons. The predicted octanol–water partition coefficient (Wildman–Crippen LogP) is 4.65. The van der Waals surface area contributed by atoms with E-state index >= 15 is 0 Å². The van der Waals surface area contributed by atoms with Crippen molar-refractivity contribution in [3.05, 3.63) is 71.9 Å². The zero-order chi connectivity index (χ0) is 15.4. The molecule has 0 saturated carbocycles. The molecule has 0 aliphatic heterocycles. The Bertz CT molecular complexity index is 777. The van der Waals surface area contributed by atoms with Gasteiger partial charge in [-0.3, -0.25) is 4.99 Å². The Balaban J connectivity index is 2.02. The van der Waals surface area contributed by atoms with Crippen LogP contribution in [-0.4, -0.2) is 22.3 Å². The van der Waals surface area contributed by atoms with E-state index in [4.69, 9.17) is 0 Å². The molecule has 0 fully saturated rings. The van der Waals surface area contributed by atoms with E-state index in [2.05, 4.69) is 28.5 Å². The van der Waals surface area contributed by atoms with Crippen LogP contribution in [0.2, 0.25) is 0 Å². The van der Waals surface area contributed by atoms with Crippen LogP contribution in [0.25, 0.3) is 5.69 Å². The Labute approximate surface area is 134 Å². The van der Waals surface area contributed by atoms with Crippen molar-refractivity contribution in [2.45, 2.75) is 11.9 Å². The third-order valence-corrected chi connectivity index (χ3v) is 4.14. The minimum absolute atomic E-state index is 0.946. The SMILES string of the molecule is CSc1c(C=Nc2ccccc2)c(C)nn1-c1ccccc1. The lowest BCUT2D eigenvalue weighted by atomic mass is 10.3. The molecule has 1 aromatic heterocycles. The normalized spacial score (nSPS) is 11.2. The second-order valence-corrected chi connectivity index (χ2v) is 5.64. The summed E-state index contributed by atoms with van der Waals surface area (Å²) in [6.07, 6.45) is 3.97. The summed E-state index contributed by atoms with van der Waals surface area (Å²) in [6.45, 7) is 2.02. The zero-order valence-electron chi connectivity index (χ0n) is 12.6. The lowest BCUT2D eigenvalue weighted by Gasteiger charge is -2.05. The van der Waals surface area contributed by atoms with Crippen molar-refractivity contribution in [2.24, 2.45) is 4.99 Å². The molecular weight excluding hydrogens is 290 g/mol. The van der Waals surface area contributed by atoms with Crippen LogP contribution in [0, 0.1) is 6.92 Å². The van der Waals surface area contributed by atoms with Gasteiger partial charge in [0.05, 0.1) is 17.1 Å². The molecule has 0 aliphatic rings. The van der Waals surface area contributed by atoms with Gasteiger partial charge in [-0.05, 0) is 37.4 Å². The first-order valence-corrected chi connectivity index (χ1v) is 8.30. The average molecular weight is 307 g/mol. The number of aliphatic imine (C=N–C) groups is 1. The maximum absolute atomic E-state index is 4.67. The number of para-hydroxylation sites is 2. The highest BCUT2D eigenvalue weighted by atomic mass is 32.2. The Morgan fingerprint density at radius 1 is 1.00 bits per heavy atom. The van der Waals surface area contributed by atoms with Gasteiger partial charge in [-0.25, -0.2) is 4.68 Å². The van der Waals surface area contributed by atoms with Gasteiger partial charge in [0, 0.05) is 11.8 Å².